The quantitative estimate of drug-likeness (QED) is 0.313. The van der Waals surface area contributed by atoms with Gasteiger partial charge in [-0.3, -0.25) is 14.4 Å². The number of rotatable bonds is 11. The Morgan fingerprint density at radius 2 is 1.71 bits per heavy atom. The minimum Gasteiger partial charge on any atom is -0.382 e. The highest BCUT2D eigenvalue weighted by molar-refractivity contribution is 6.03. The number of fused-ring (bicyclic) bond motifs is 2. The average molecular weight is 568 g/mol. The average Bonchev–Trinajstić information content (AvgIpc) is 3.75. The van der Waals surface area contributed by atoms with Crippen LogP contribution in [0.2, 0.25) is 0 Å². The third kappa shape index (κ3) is 6.06. The number of primary amides is 1. The molecule has 2 bridgehead atoms. The van der Waals surface area contributed by atoms with Gasteiger partial charge in [-0.15, -0.1) is 0 Å². The maximum Gasteiger partial charge on any atom is 0.271 e. The van der Waals surface area contributed by atoms with Crippen LogP contribution >= 0.6 is 0 Å². The molecule has 1 saturated carbocycles. The first-order valence-electron chi connectivity index (χ1n) is 14.7. The second-order valence-electron chi connectivity index (χ2n) is 11.8. The molecule has 5 rings (SSSR count). The molecule has 3 fully saturated rings. The van der Waals surface area contributed by atoms with E-state index in [1.165, 1.54) is 6.07 Å². The van der Waals surface area contributed by atoms with Crippen LogP contribution < -0.4 is 21.3 Å². The molecule has 2 amide bonds. The topological polar surface area (TPSA) is 117 Å². The van der Waals surface area contributed by atoms with E-state index in [0.717, 1.165) is 50.4 Å². The lowest BCUT2D eigenvalue weighted by Crippen LogP contribution is -2.51. The predicted molar refractivity (Wildman–Crippen MR) is 154 cm³/mol. The summed E-state index contributed by atoms with van der Waals surface area (Å²) in [5.41, 5.74) is 5.73. The number of piperidine rings is 1. The van der Waals surface area contributed by atoms with Crippen LogP contribution in [0.4, 0.5) is 20.3 Å². The molecule has 2 unspecified atom stereocenters. The van der Waals surface area contributed by atoms with Crippen molar-refractivity contribution in [3.05, 3.63) is 52.7 Å². The number of carbonyl (C=O) groups is 3. The van der Waals surface area contributed by atoms with Crippen molar-refractivity contribution >= 4 is 29.1 Å². The van der Waals surface area contributed by atoms with Crippen LogP contribution in [0.1, 0.15) is 109 Å². The monoisotopic (exact) mass is 567 g/mol. The number of hydrogen-bond donors (Lipinski definition) is 3. The van der Waals surface area contributed by atoms with Crippen molar-refractivity contribution in [2.75, 3.05) is 10.2 Å². The van der Waals surface area contributed by atoms with Gasteiger partial charge < -0.3 is 21.3 Å². The largest absolute Gasteiger partial charge is 0.382 e. The third-order valence-electron chi connectivity index (χ3n) is 8.80. The summed E-state index contributed by atoms with van der Waals surface area (Å²) in [6, 6.07) is 6.25. The minimum absolute atomic E-state index is 0.00791. The molecular weight excluding hydrogens is 528 g/mol. The van der Waals surface area contributed by atoms with E-state index in [9.17, 15) is 23.2 Å². The SMILES string of the molecule is CCC(CC)Nc1cc(C(=O)NC2CC3CCC(C2)N3c2ccc(C(=O)C3CC3)cn2)c(C(C)(F)F)cc1C(N)=O. The van der Waals surface area contributed by atoms with Crippen molar-refractivity contribution in [1.29, 1.82) is 0 Å². The van der Waals surface area contributed by atoms with Gasteiger partial charge in [0.2, 0.25) is 0 Å². The van der Waals surface area contributed by atoms with Gasteiger partial charge in [-0.1, -0.05) is 13.8 Å². The summed E-state index contributed by atoms with van der Waals surface area (Å²) >= 11 is 0. The second kappa shape index (κ2) is 11.4. The van der Waals surface area contributed by atoms with Crippen molar-refractivity contribution in [2.24, 2.45) is 11.7 Å². The molecule has 3 heterocycles. The fourth-order valence-corrected chi connectivity index (χ4v) is 6.38. The highest BCUT2D eigenvalue weighted by atomic mass is 19.3. The van der Waals surface area contributed by atoms with Crippen molar-refractivity contribution in [1.82, 2.24) is 10.3 Å². The lowest BCUT2D eigenvalue weighted by atomic mass is 9.94. The number of alkyl halides is 2. The normalized spacial score (nSPS) is 22.1. The van der Waals surface area contributed by atoms with E-state index in [0.29, 0.717) is 25.3 Å². The van der Waals surface area contributed by atoms with Crippen LogP contribution in [0.15, 0.2) is 30.5 Å². The molecule has 41 heavy (non-hydrogen) atoms. The Hall–Kier alpha value is -3.56. The number of aromatic nitrogens is 1. The Balaban J connectivity index is 1.34. The number of nitrogens with zero attached hydrogens (tertiary/aromatic N) is 2. The highest BCUT2D eigenvalue weighted by Crippen LogP contribution is 2.40. The van der Waals surface area contributed by atoms with Crippen LogP contribution in [0.25, 0.3) is 0 Å². The summed E-state index contributed by atoms with van der Waals surface area (Å²) < 4.78 is 29.5. The summed E-state index contributed by atoms with van der Waals surface area (Å²) in [5, 5.41) is 6.23. The molecule has 2 atom stereocenters. The Morgan fingerprint density at radius 3 is 2.22 bits per heavy atom. The van der Waals surface area contributed by atoms with Gasteiger partial charge in [0.1, 0.15) is 5.82 Å². The molecule has 1 aromatic carbocycles. The smallest absolute Gasteiger partial charge is 0.271 e. The van der Waals surface area contributed by atoms with Crippen LogP contribution in [0.3, 0.4) is 0 Å². The first kappa shape index (κ1) is 29.0. The molecule has 220 valence electrons. The number of halogens is 2. The number of benzene rings is 1. The van der Waals surface area contributed by atoms with E-state index in [4.69, 9.17) is 5.73 Å². The van der Waals surface area contributed by atoms with Gasteiger partial charge >= 0.3 is 0 Å². The van der Waals surface area contributed by atoms with Gasteiger partial charge in [0.25, 0.3) is 17.7 Å². The van der Waals surface area contributed by atoms with E-state index in [1.54, 1.807) is 6.20 Å². The maximum absolute atomic E-state index is 14.7. The lowest BCUT2D eigenvalue weighted by Gasteiger charge is -2.40. The molecular formula is C31H39F2N5O3. The number of anilines is 2. The van der Waals surface area contributed by atoms with Crippen molar-refractivity contribution in [3.63, 3.8) is 0 Å². The molecule has 2 aliphatic heterocycles. The van der Waals surface area contributed by atoms with E-state index >= 15 is 0 Å². The summed E-state index contributed by atoms with van der Waals surface area (Å²) in [6.45, 7) is 4.67. The Kier molecular flexibility index (Phi) is 8.03. The zero-order chi connectivity index (χ0) is 29.5. The number of Topliss-reactive ketones (excluding diaryl/α,β-unsaturated/α-hetero) is 1. The Bertz CT molecular complexity index is 1300. The van der Waals surface area contributed by atoms with Crippen LogP contribution in [-0.2, 0) is 5.92 Å². The van der Waals surface area contributed by atoms with E-state index in [-0.39, 0.29) is 52.7 Å². The maximum atomic E-state index is 14.7. The van der Waals surface area contributed by atoms with Gasteiger partial charge in [-0.25, -0.2) is 13.8 Å². The molecule has 8 nitrogen and oxygen atoms in total. The highest BCUT2D eigenvalue weighted by Gasteiger charge is 2.42. The van der Waals surface area contributed by atoms with Crippen LogP contribution in [-0.4, -0.2) is 46.7 Å². The molecule has 0 spiro atoms. The van der Waals surface area contributed by atoms with E-state index in [1.807, 2.05) is 26.0 Å². The predicted octanol–water partition coefficient (Wildman–Crippen LogP) is 5.42. The number of amides is 2. The second-order valence-corrected chi connectivity index (χ2v) is 11.8. The van der Waals surface area contributed by atoms with Gasteiger partial charge in [0.05, 0.1) is 11.1 Å². The lowest BCUT2D eigenvalue weighted by molar-refractivity contribution is 0.0162. The summed E-state index contributed by atoms with van der Waals surface area (Å²) in [5.74, 6) is -3.66. The fraction of sp³-hybridized carbons (Fsp3) is 0.548. The molecule has 1 aromatic heterocycles. The number of pyridine rings is 1. The molecule has 10 heteroatoms. The Morgan fingerprint density at radius 1 is 1.05 bits per heavy atom. The summed E-state index contributed by atoms with van der Waals surface area (Å²) in [6.07, 6.45) is 8.26. The Labute approximate surface area is 239 Å². The van der Waals surface area contributed by atoms with Gasteiger partial charge in [-0.05, 0) is 75.6 Å². The first-order chi connectivity index (χ1) is 19.5. The number of ketones is 1. The zero-order valence-corrected chi connectivity index (χ0v) is 23.9. The molecule has 3 aliphatic rings. The van der Waals surface area contributed by atoms with Crippen molar-refractivity contribution in [2.45, 2.75) is 102 Å². The van der Waals surface area contributed by atoms with Crippen molar-refractivity contribution < 1.29 is 23.2 Å². The minimum atomic E-state index is -3.36. The number of hydrogen-bond acceptors (Lipinski definition) is 6. The van der Waals surface area contributed by atoms with Crippen LogP contribution in [0.5, 0.6) is 0 Å². The first-order valence-corrected chi connectivity index (χ1v) is 14.7. The zero-order valence-electron chi connectivity index (χ0n) is 23.9. The standard InChI is InChI=1S/C31H39F2N5O3/c1-4-19(5-2)36-26-15-23(25(31(3,32)33)14-24(26)29(34)40)30(41)37-20-12-21-9-10-22(13-20)38(21)27-11-8-18(16-35-27)28(39)17-6-7-17/h8,11,14-17,19-22,36H,4-7,9-10,12-13H2,1-3H3,(H2,34,40)(H,37,41). The molecule has 1 aliphatic carbocycles. The molecule has 0 radical (unpaired) electrons. The van der Waals surface area contributed by atoms with Gasteiger partial charge in [0.15, 0.2) is 5.78 Å². The fourth-order valence-electron chi connectivity index (χ4n) is 6.38. The molecule has 2 aromatic rings. The number of nitrogens with two attached hydrogens (primary N) is 1. The summed E-state index contributed by atoms with van der Waals surface area (Å²) in [4.78, 5) is 45.0. The third-order valence-corrected chi connectivity index (χ3v) is 8.80. The number of nitrogens with one attached hydrogen (secondary N) is 2. The van der Waals surface area contributed by atoms with Gasteiger partial charge in [0, 0.05) is 60.0 Å². The summed E-state index contributed by atoms with van der Waals surface area (Å²) in [7, 11) is 0. The van der Waals surface area contributed by atoms with E-state index < -0.39 is 23.3 Å². The number of carbonyl (C=O) groups excluding carboxylic acids is 3. The molecule has 4 N–H and O–H groups in total. The van der Waals surface area contributed by atoms with E-state index in [2.05, 4.69) is 20.5 Å². The molecule has 2 saturated heterocycles. The van der Waals surface area contributed by atoms with Gasteiger partial charge in [-0.2, -0.15) is 0 Å². The van der Waals surface area contributed by atoms with Crippen LogP contribution in [0, 0.1) is 5.92 Å². The van der Waals surface area contributed by atoms with Crippen molar-refractivity contribution in [3.8, 4) is 0 Å².